The molecule has 1 aromatic rings. The zero-order valence-electron chi connectivity index (χ0n) is 16.9. The fraction of sp³-hybridized carbons (Fsp3) is 0.650. The van der Waals surface area contributed by atoms with Crippen LogP contribution < -0.4 is 15.4 Å². The molecule has 0 fully saturated rings. The quantitative estimate of drug-likeness (QED) is 0.371. The molecular formula is C20H35N3O2S. The van der Waals surface area contributed by atoms with Crippen LogP contribution in [0, 0.1) is 0 Å². The Morgan fingerprint density at radius 1 is 1.15 bits per heavy atom. The molecule has 1 rings (SSSR count). The lowest BCUT2D eigenvalue weighted by atomic mass is 10.1. The summed E-state index contributed by atoms with van der Waals surface area (Å²) >= 11 is 0. The van der Waals surface area contributed by atoms with Crippen molar-refractivity contribution < 1.29 is 8.95 Å². The maximum absolute atomic E-state index is 12.1. The molecule has 0 radical (unpaired) electrons. The first-order valence-electron chi connectivity index (χ1n) is 9.40. The lowest BCUT2D eigenvalue weighted by Crippen LogP contribution is -2.40. The molecule has 1 atom stereocenters. The van der Waals surface area contributed by atoms with Gasteiger partial charge in [-0.25, -0.2) is 0 Å². The van der Waals surface area contributed by atoms with Crippen molar-refractivity contribution in [1.82, 2.24) is 10.6 Å². The summed E-state index contributed by atoms with van der Waals surface area (Å²) in [5.74, 6) is 2.33. The third-order valence-corrected chi connectivity index (χ3v) is 5.85. The predicted molar refractivity (Wildman–Crippen MR) is 113 cm³/mol. The van der Waals surface area contributed by atoms with Crippen LogP contribution >= 0.6 is 0 Å². The first-order chi connectivity index (χ1) is 12.4. The maximum Gasteiger partial charge on any atom is 0.191 e. The van der Waals surface area contributed by atoms with Gasteiger partial charge < -0.3 is 15.4 Å². The normalized spacial score (nSPS) is 13.3. The molecule has 0 aliphatic carbocycles. The Balaban J connectivity index is 2.30. The van der Waals surface area contributed by atoms with Crippen LogP contribution in [0.15, 0.2) is 29.3 Å². The number of ether oxygens (including phenoxy) is 1. The number of aliphatic imine (C=N–C) groups is 1. The topological polar surface area (TPSA) is 62.7 Å². The molecule has 0 saturated carbocycles. The van der Waals surface area contributed by atoms with Crippen LogP contribution in [0.25, 0.3) is 0 Å². The zero-order chi connectivity index (χ0) is 19.4. The summed E-state index contributed by atoms with van der Waals surface area (Å²) in [6.45, 7) is 10.3. The van der Waals surface area contributed by atoms with Crippen molar-refractivity contribution in [2.45, 2.75) is 51.7 Å². The Morgan fingerprint density at radius 2 is 1.85 bits per heavy atom. The molecule has 1 aromatic carbocycles. The van der Waals surface area contributed by atoms with Gasteiger partial charge in [-0.3, -0.25) is 9.20 Å². The minimum atomic E-state index is -0.844. The van der Waals surface area contributed by atoms with E-state index in [1.54, 1.807) is 7.11 Å². The van der Waals surface area contributed by atoms with Gasteiger partial charge in [-0.2, -0.15) is 0 Å². The number of rotatable bonds is 10. The minimum Gasteiger partial charge on any atom is -0.497 e. The Kier molecular flexibility index (Phi) is 10.3. The van der Waals surface area contributed by atoms with Crippen LogP contribution in [0.4, 0.5) is 0 Å². The molecule has 0 aliphatic heterocycles. The molecule has 0 spiro atoms. The second-order valence-corrected chi connectivity index (χ2v) is 9.48. The molecule has 1 unspecified atom stereocenters. The van der Waals surface area contributed by atoms with Gasteiger partial charge in [0.05, 0.1) is 7.11 Å². The number of hydrogen-bond donors (Lipinski definition) is 2. The van der Waals surface area contributed by atoms with Gasteiger partial charge in [-0.15, -0.1) is 0 Å². The average Bonchev–Trinajstić information content (AvgIpc) is 2.61. The standard InChI is InChI=1S/C20H35N3O2S/c1-6-21-19(23-15-16-26(24)20(2,3)4)22-14-8-7-9-17-10-12-18(25-5)13-11-17/h10-13H,6-9,14-16H2,1-5H3,(H2,21,22,23). The van der Waals surface area contributed by atoms with Crippen molar-refractivity contribution in [3.8, 4) is 5.75 Å². The summed E-state index contributed by atoms with van der Waals surface area (Å²) in [6, 6.07) is 8.23. The molecule has 0 heterocycles. The van der Waals surface area contributed by atoms with E-state index in [-0.39, 0.29) is 4.75 Å². The molecule has 0 amide bonds. The summed E-state index contributed by atoms with van der Waals surface area (Å²) in [6.07, 6.45) is 3.19. The molecule has 0 bridgehead atoms. The molecule has 0 aromatic heterocycles. The average molecular weight is 382 g/mol. The fourth-order valence-corrected chi connectivity index (χ4v) is 3.23. The number of guanidine groups is 1. The van der Waals surface area contributed by atoms with Gasteiger partial charge in [0.1, 0.15) is 5.75 Å². The van der Waals surface area contributed by atoms with Crippen molar-refractivity contribution in [2.24, 2.45) is 4.99 Å². The second-order valence-electron chi connectivity index (χ2n) is 7.15. The summed E-state index contributed by atoms with van der Waals surface area (Å²) < 4.78 is 17.1. The number of nitrogens with zero attached hydrogens (tertiary/aromatic N) is 1. The van der Waals surface area contributed by atoms with Crippen molar-refractivity contribution >= 4 is 16.8 Å². The summed E-state index contributed by atoms with van der Waals surface area (Å²) in [7, 11) is 0.840. The van der Waals surface area contributed by atoms with Crippen LogP contribution in [0.3, 0.4) is 0 Å². The van der Waals surface area contributed by atoms with Gasteiger partial charge in [0.2, 0.25) is 0 Å². The zero-order valence-corrected chi connectivity index (χ0v) is 17.7. The van der Waals surface area contributed by atoms with E-state index in [0.717, 1.165) is 44.1 Å². The van der Waals surface area contributed by atoms with E-state index in [2.05, 4.69) is 27.8 Å². The lowest BCUT2D eigenvalue weighted by Gasteiger charge is -2.18. The van der Waals surface area contributed by atoms with E-state index in [1.165, 1.54) is 5.56 Å². The second kappa shape index (κ2) is 11.9. The third kappa shape index (κ3) is 9.22. The third-order valence-electron chi connectivity index (χ3n) is 3.91. The monoisotopic (exact) mass is 381 g/mol. The van der Waals surface area contributed by atoms with Gasteiger partial charge in [-0.1, -0.05) is 12.1 Å². The van der Waals surface area contributed by atoms with Crippen LogP contribution in [0.2, 0.25) is 0 Å². The summed E-state index contributed by atoms with van der Waals surface area (Å²) in [5.41, 5.74) is 1.32. The number of aryl methyl sites for hydroxylation is 1. The Hall–Kier alpha value is -1.56. The van der Waals surface area contributed by atoms with Crippen LogP contribution in [-0.2, 0) is 17.2 Å². The summed E-state index contributed by atoms with van der Waals surface area (Å²) in [4.78, 5) is 4.61. The first-order valence-corrected chi connectivity index (χ1v) is 10.7. The smallest absolute Gasteiger partial charge is 0.191 e. The van der Waals surface area contributed by atoms with Gasteiger partial charge >= 0.3 is 0 Å². The molecule has 0 aliphatic rings. The van der Waals surface area contributed by atoms with Crippen molar-refractivity contribution in [3.63, 3.8) is 0 Å². The van der Waals surface area contributed by atoms with E-state index in [4.69, 9.17) is 4.74 Å². The number of nitrogens with one attached hydrogen (secondary N) is 2. The molecule has 2 N–H and O–H groups in total. The molecule has 148 valence electrons. The van der Waals surface area contributed by atoms with Gasteiger partial charge in [0.15, 0.2) is 5.96 Å². The van der Waals surface area contributed by atoms with E-state index in [9.17, 15) is 4.21 Å². The highest BCUT2D eigenvalue weighted by Gasteiger charge is 2.18. The maximum atomic E-state index is 12.1. The predicted octanol–water partition coefficient (Wildman–Crippen LogP) is 3.12. The van der Waals surface area contributed by atoms with E-state index >= 15 is 0 Å². The van der Waals surface area contributed by atoms with Crippen molar-refractivity contribution in [1.29, 1.82) is 0 Å². The highest BCUT2D eigenvalue weighted by atomic mass is 32.2. The minimum absolute atomic E-state index is 0.168. The fourth-order valence-electron chi connectivity index (χ4n) is 2.33. The number of hydrogen-bond acceptors (Lipinski definition) is 3. The van der Waals surface area contributed by atoms with Crippen LogP contribution in [0.5, 0.6) is 5.75 Å². The van der Waals surface area contributed by atoms with Gasteiger partial charge in [0, 0.05) is 40.9 Å². The molecule has 5 nitrogen and oxygen atoms in total. The van der Waals surface area contributed by atoms with Gasteiger partial charge in [-0.05, 0) is 64.7 Å². The lowest BCUT2D eigenvalue weighted by molar-refractivity contribution is 0.414. The van der Waals surface area contributed by atoms with Crippen LogP contribution in [0.1, 0.15) is 46.1 Å². The van der Waals surface area contributed by atoms with E-state index in [0.29, 0.717) is 12.3 Å². The Bertz CT molecular complexity index is 565. The van der Waals surface area contributed by atoms with Gasteiger partial charge in [0.25, 0.3) is 0 Å². The largest absolute Gasteiger partial charge is 0.497 e. The number of unbranched alkanes of at least 4 members (excludes halogenated alkanes) is 1. The molecule has 6 heteroatoms. The summed E-state index contributed by atoms with van der Waals surface area (Å²) in [5, 5.41) is 6.52. The molecule has 26 heavy (non-hydrogen) atoms. The van der Waals surface area contributed by atoms with Crippen LogP contribution in [-0.4, -0.2) is 47.4 Å². The SMILES string of the molecule is CCNC(=NCCCCc1ccc(OC)cc1)NCCS(=O)C(C)(C)C. The van der Waals surface area contributed by atoms with Crippen molar-refractivity contribution in [2.75, 3.05) is 32.5 Å². The number of benzene rings is 1. The molecule has 0 saturated heterocycles. The highest BCUT2D eigenvalue weighted by molar-refractivity contribution is 7.86. The highest BCUT2D eigenvalue weighted by Crippen LogP contribution is 2.13. The first kappa shape index (κ1) is 22.5. The van der Waals surface area contributed by atoms with E-state index in [1.807, 2.05) is 39.8 Å². The van der Waals surface area contributed by atoms with E-state index < -0.39 is 10.8 Å². The Labute approximate surface area is 161 Å². The molecular weight excluding hydrogens is 346 g/mol. The number of methoxy groups -OCH3 is 1. The Morgan fingerprint density at radius 3 is 2.42 bits per heavy atom. The van der Waals surface area contributed by atoms with Crippen molar-refractivity contribution in [3.05, 3.63) is 29.8 Å².